The SMILES string of the molecule is O=C(O)CN(CCc1ccccc1)C(=O)CCSSCCOC(=O)Nc1cccc2c1CN(C1CCC(=O)NC1=O)C2=O. The quantitative estimate of drug-likeness (QED) is 0.161. The number of carbonyl (C=O) groups is 6. The van der Waals surface area contributed by atoms with Gasteiger partial charge < -0.3 is 19.6 Å². The Bertz CT molecular complexity index is 1370. The minimum atomic E-state index is -1.06. The maximum absolute atomic E-state index is 12.9. The highest BCUT2D eigenvalue weighted by Crippen LogP contribution is 2.32. The lowest BCUT2D eigenvalue weighted by molar-refractivity contribution is -0.144. The van der Waals surface area contributed by atoms with E-state index in [0.717, 1.165) is 5.56 Å². The molecule has 0 radical (unpaired) electrons. The number of rotatable bonds is 14. The van der Waals surface area contributed by atoms with Crippen LogP contribution in [-0.2, 0) is 36.9 Å². The number of hydrogen-bond acceptors (Lipinski definition) is 9. The minimum Gasteiger partial charge on any atom is -0.480 e. The number of hydrogen-bond donors (Lipinski definition) is 3. The summed E-state index contributed by atoms with van der Waals surface area (Å²) in [6.45, 7) is 0.206. The van der Waals surface area contributed by atoms with Crippen LogP contribution in [0.25, 0.3) is 0 Å². The van der Waals surface area contributed by atoms with Crippen LogP contribution in [0.2, 0.25) is 0 Å². The highest BCUT2D eigenvalue weighted by atomic mass is 33.1. The van der Waals surface area contributed by atoms with Gasteiger partial charge in [0.1, 0.15) is 19.2 Å². The van der Waals surface area contributed by atoms with Gasteiger partial charge in [-0.3, -0.25) is 34.6 Å². The Kier molecular flexibility index (Phi) is 11.4. The molecule has 1 unspecified atom stereocenters. The molecule has 2 aromatic rings. The van der Waals surface area contributed by atoms with Crippen LogP contribution >= 0.6 is 21.6 Å². The van der Waals surface area contributed by atoms with E-state index in [1.54, 1.807) is 18.2 Å². The fourth-order valence-corrected chi connectivity index (χ4v) is 6.59. The van der Waals surface area contributed by atoms with E-state index in [1.165, 1.54) is 31.4 Å². The van der Waals surface area contributed by atoms with E-state index < -0.39 is 24.0 Å². The van der Waals surface area contributed by atoms with Crippen molar-refractivity contribution in [2.75, 3.05) is 36.5 Å². The van der Waals surface area contributed by atoms with E-state index in [9.17, 15) is 33.9 Å². The molecule has 43 heavy (non-hydrogen) atoms. The Morgan fingerprint density at radius 3 is 2.56 bits per heavy atom. The molecule has 2 aliphatic heterocycles. The molecule has 0 spiro atoms. The summed E-state index contributed by atoms with van der Waals surface area (Å²) in [6, 6.07) is 13.7. The lowest BCUT2D eigenvalue weighted by Gasteiger charge is -2.29. The predicted molar refractivity (Wildman–Crippen MR) is 161 cm³/mol. The second kappa shape index (κ2) is 15.4. The Morgan fingerprint density at radius 1 is 1.05 bits per heavy atom. The normalized spacial score (nSPS) is 16.0. The Morgan fingerprint density at radius 2 is 1.81 bits per heavy atom. The summed E-state index contributed by atoms with van der Waals surface area (Å²) >= 11 is 0. The largest absolute Gasteiger partial charge is 0.480 e. The number of ether oxygens (including phenoxy) is 1. The van der Waals surface area contributed by atoms with Crippen molar-refractivity contribution in [2.45, 2.75) is 38.3 Å². The van der Waals surface area contributed by atoms with Gasteiger partial charge in [-0.2, -0.15) is 0 Å². The standard InChI is InChI=1S/C29H32N4O8S2/c34-24-10-9-23(27(38)31-24)33-17-21-20(28(33)39)7-4-8-22(21)30-29(40)41-14-16-43-42-15-12-25(35)32(18-26(36)37)13-11-19-5-2-1-3-6-19/h1-8,23H,9-18H2,(H,30,40)(H,36,37)(H,31,34,38). The first-order chi connectivity index (χ1) is 20.7. The van der Waals surface area contributed by atoms with Crippen molar-refractivity contribution in [3.05, 3.63) is 65.2 Å². The molecule has 4 rings (SSSR count). The van der Waals surface area contributed by atoms with Crippen molar-refractivity contribution >= 4 is 63.0 Å². The monoisotopic (exact) mass is 628 g/mol. The molecule has 14 heteroatoms. The van der Waals surface area contributed by atoms with Crippen molar-refractivity contribution in [3.63, 3.8) is 0 Å². The van der Waals surface area contributed by atoms with Crippen LogP contribution in [-0.4, -0.2) is 87.8 Å². The number of nitrogens with zero attached hydrogens (tertiary/aromatic N) is 2. The van der Waals surface area contributed by atoms with Crippen LogP contribution < -0.4 is 10.6 Å². The summed E-state index contributed by atoms with van der Waals surface area (Å²) in [5, 5.41) is 14.1. The number of piperidine rings is 1. The Labute approximate surface area is 256 Å². The van der Waals surface area contributed by atoms with Crippen molar-refractivity contribution in [1.82, 2.24) is 15.1 Å². The van der Waals surface area contributed by atoms with Crippen molar-refractivity contribution in [3.8, 4) is 0 Å². The van der Waals surface area contributed by atoms with E-state index >= 15 is 0 Å². The summed E-state index contributed by atoms with van der Waals surface area (Å²) in [6.07, 6.45) is 0.464. The van der Waals surface area contributed by atoms with Crippen LogP contribution in [0.15, 0.2) is 48.5 Å². The van der Waals surface area contributed by atoms with Gasteiger partial charge in [-0.1, -0.05) is 58.0 Å². The molecule has 1 fully saturated rings. The zero-order chi connectivity index (χ0) is 30.8. The van der Waals surface area contributed by atoms with E-state index in [-0.39, 0.29) is 56.7 Å². The number of carbonyl (C=O) groups excluding carboxylic acids is 5. The summed E-state index contributed by atoms with van der Waals surface area (Å²) in [5.74, 6) is -1.55. The topological polar surface area (TPSA) is 162 Å². The third-order valence-electron chi connectivity index (χ3n) is 6.89. The second-order valence-corrected chi connectivity index (χ2v) is 12.5. The van der Waals surface area contributed by atoms with Gasteiger partial charge in [0.25, 0.3) is 5.91 Å². The van der Waals surface area contributed by atoms with Crippen LogP contribution in [0.3, 0.4) is 0 Å². The lowest BCUT2D eigenvalue weighted by Crippen LogP contribution is -2.52. The maximum atomic E-state index is 12.9. The smallest absolute Gasteiger partial charge is 0.411 e. The van der Waals surface area contributed by atoms with E-state index in [1.807, 2.05) is 30.3 Å². The van der Waals surface area contributed by atoms with E-state index in [4.69, 9.17) is 4.74 Å². The van der Waals surface area contributed by atoms with Crippen LogP contribution in [0.1, 0.15) is 40.7 Å². The van der Waals surface area contributed by atoms with Gasteiger partial charge in [0.2, 0.25) is 17.7 Å². The van der Waals surface area contributed by atoms with Gasteiger partial charge in [0.15, 0.2) is 0 Å². The van der Waals surface area contributed by atoms with Crippen LogP contribution in [0.5, 0.6) is 0 Å². The number of benzene rings is 2. The predicted octanol–water partition coefficient (Wildman–Crippen LogP) is 2.92. The molecule has 0 aromatic heterocycles. The molecule has 2 aromatic carbocycles. The van der Waals surface area contributed by atoms with E-state index in [0.29, 0.717) is 41.3 Å². The third-order valence-corrected chi connectivity index (χ3v) is 9.26. The number of aliphatic carboxylic acids is 1. The minimum absolute atomic E-state index is 0.107. The summed E-state index contributed by atoms with van der Waals surface area (Å²) < 4.78 is 5.26. The van der Waals surface area contributed by atoms with E-state index in [2.05, 4.69) is 10.6 Å². The number of anilines is 1. The average molecular weight is 629 g/mol. The molecule has 3 N–H and O–H groups in total. The number of amides is 5. The zero-order valence-electron chi connectivity index (χ0n) is 23.3. The number of imide groups is 1. The number of fused-ring (bicyclic) bond motifs is 1. The fourth-order valence-electron chi connectivity index (χ4n) is 4.79. The van der Waals surface area contributed by atoms with Crippen LogP contribution in [0, 0.1) is 0 Å². The van der Waals surface area contributed by atoms with Crippen LogP contribution in [0.4, 0.5) is 10.5 Å². The molecule has 1 saturated heterocycles. The van der Waals surface area contributed by atoms with Gasteiger partial charge >= 0.3 is 12.1 Å². The maximum Gasteiger partial charge on any atom is 0.411 e. The fraction of sp³-hybridized carbons (Fsp3) is 0.379. The average Bonchev–Trinajstić information content (AvgIpc) is 3.31. The molecule has 2 aliphatic rings. The molecule has 2 heterocycles. The molecule has 0 bridgehead atoms. The van der Waals surface area contributed by atoms with Crippen molar-refractivity contribution in [1.29, 1.82) is 0 Å². The first kappa shape index (κ1) is 31.9. The first-order valence-electron chi connectivity index (χ1n) is 13.7. The van der Waals surface area contributed by atoms with Gasteiger partial charge in [-0.05, 0) is 30.5 Å². The van der Waals surface area contributed by atoms with Crippen molar-refractivity contribution < 1.29 is 38.6 Å². The van der Waals surface area contributed by atoms with Gasteiger partial charge in [0, 0.05) is 54.3 Å². The summed E-state index contributed by atoms with van der Waals surface area (Å²) in [7, 11) is 2.86. The zero-order valence-corrected chi connectivity index (χ0v) is 24.9. The number of carboxylic acid groups (broad SMARTS) is 1. The van der Waals surface area contributed by atoms with Gasteiger partial charge in [-0.15, -0.1) is 0 Å². The molecule has 12 nitrogen and oxygen atoms in total. The molecule has 1 atom stereocenters. The summed E-state index contributed by atoms with van der Waals surface area (Å²) in [5.41, 5.74) is 2.39. The molecule has 228 valence electrons. The molecule has 5 amide bonds. The Balaban J connectivity index is 1.15. The highest BCUT2D eigenvalue weighted by Gasteiger charge is 2.40. The van der Waals surface area contributed by atoms with Gasteiger partial charge in [0.05, 0.1) is 0 Å². The number of carboxylic acids is 1. The highest BCUT2D eigenvalue weighted by molar-refractivity contribution is 8.76. The lowest BCUT2D eigenvalue weighted by atomic mass is 10.0. The van der Waals surface area contributed by atoms with Gasteiger partial charge in [-0.25, -0.2) is 4.79 Å². The molecule has 0 aliphatic carbocycles. The molecular formula is C29H32N4O8S2. The molecular weight excluding hydrogens is 596 g/mol. The second-order valence-electron chi connectivity index (χ2n) is 9.83. The summed E-state index contributed by atoms with van der Waals surface area (Å²) in [4.78, 5) is 75.7. The Hall–Kier alpha value is -4.04. The number of nitrogens with one attached hydrogen (secondary N) is 2. The first-order valence-corrected chi connectivity index (χ1v) is 16.2. The molecule has 0 saturated carbocycles. The third kappa shape index (κ3) is 8.97. The van der Waals surface area contributed by atoms with Crippen molar-refractivity contribution in [2.24, 2.45) is 0 Å².